The van der Waals surface area contributed by atoms with Crippen LogP contribution in [0.4, 0.5) is 11.4 Å². The fourth-order valence-corrected chi connectivity index (χ4v) is 3.13. The molecular formula is C23H33N4O2+. The zero-order valence-corrected chi connectivity index (χ0v) is 18.3. The van der Waals surface area contributed by atoms with Crippen LogP contribution in [0.25, 0.3) is 0 Å². The molecule has 0 fully saturated rings. The van der Waals surface area contributed by atoms with Crippen molar-refractivity contribution in [3.8, 4) is 0 Å². The molecule has 0 aliphatic heterocycles. The molecule has 29 heavy (non-hydrogen) atoms. The topological polar surface area (TPSA) is 65.9 Å². The van der Waals surface area contributed by atoms with Crippen LogP contribution >= 0.6 is 0 Å². The fourth-order valence-electron chi connectivity index (χ4n) is 3.13. The highest BCUT2D eigenvalue weighted by Gasteiger charge is 2.22. The van der Waals surface area contributed by atoms with Crippen molar-refractivity contribution in [3.63, 3.8) is 0 Å². The Hall–Kier alpha value is -2.86. The summed E-state index contributed by atoms with van der Waals surface area (Å²) in [4.78, 5) is 27.9. The summed E-state index contributed by atoms with van der Waals surface area (Å²) in [7, 11) is 6.01. The largest absolute Gasteiger partial charge is 0.378 e. The molecular weight excluding hydrogens is 364 g/mol. The van der Waals surface area contributed by atoms with Crippen molar-refractivity contribution in [3.05, 3.63) is 59.2 Å². The SMILES string of the molecule is Cc1cccc(C)c1NC(=O)CNC(=O)[C@H](C)[NH+](C)Cc1ccc(N(C)C)cc1. The van der Waals surface area contributed by atoms with E-state index in [4.69, 9.17) is 0 Å². The maximum Gasteiger partial charge on any atom is 0.278 e. The molecule has 0 bridgehead atoms. The number of benzene rings is 2. The Morgan fingerprint density at radius 3 is 2.17 bits per heavy atom. The molecule has 6 nitrogen and oxygen atoms in total. The molecule has 2 aromatic carbocycles. The predicted molar refractivity (Wildman–Crippen MR) is 118 cm³/mol. The van der Waals surface area contributed by atoms with Crippen LogP contribution in [0, 0.1) is 13.8 Å². The Balaban J connectivity index is 1.85. The van der Waals surface area contributed by atoms with Gasteiger partial charge in [-0.1, -0.05) is 30.3 Å². The molecule has 6 heteroatoms. The smallest absolute Gasteiger partial charge is 0.278 e. The van der Waals surface area contributed by atoms with Gasteiger partial charge in [0.2, 0.25) is 5.91 Å². The van der Waals surface area contributed by atoms with Gasteiger partial charge < -0.3 is 20.4 Å². The average molecular weight is 398 g/mol. The zero-order valence-electron chi connectivity index (χ0n) is 18.3. The van der Waals surface area contributed by atoms with Crippen LogP contribution in [0.3, 0.4) is 0 Å². The van der Waals surface area contributed by atoms with Gasteiger partial charge in [0.1, 0.15) is 6.54 Å². The van der Waals surface area contributed by atoms with E-state index in [0.29, 0.717) is 0 Å². The number of nitrogens with zero attached hydrogens (tertiary/aromatic N) is 1. The second-order valence-corrected chi connectivity index (χ2v) is 7.84. The van der Waals surface area contributed by atoms with Crippen molar-refractivity contribution in [2.24, 2.45) is 0 Å². The van der Waals surface area contributed by atoms with Gasteiger partial charge in [0.25, 0.3) is 5.91 Å². The lowest BCUT2D eigenvalue weighted by Crippen LogP contribution is -3.12. The van der Waals surface area contributed by atoms with Gasteiger partial charge in [-0.25, -0.2) is 0 Å². The monoisotopic (exact) mass is 397 g/mol. The number of carbonyl (C=O) groups is 2. The molecule has 0 saturated heterocycles. The molecule has 0 saturated carbocycles. The zero-order chi connectivity index (χ0) is 21.6. The molecule has 2 aromatic rings. The molecule has 1 unspecified atom stereocenters. The Labute approximate surface area is 173 Å². The number of aryl methyl sites for hydroxylation is 2. The maximum atomic E-state index is 12.5. The summed E-state index contributed by atoms with van der Waals surface area (Å²) in [6.07, 6.45) is 0. The van der Waals surface area contributed by atoms with E-state index < -0.39 is 0 Å². The third-order valence-electron chi connectivity index (χ3n) is 5.24. The summed E-state index contributed by atoms with van der Waals surface area (Å²) in [5.74, 6) is -0.357. The van der Waals surface area contributed by atoms with Gasteiger partial charge in [-0.05, 0) is 44.0 Å². The first kappa shape index (κ1) is 22.4. The summed E-state index contributed by atoms with van der Waals surface area (Å²) >= 11 is 0. The van der Waals surface area contributed by atoms with Gasteiger partial charge in [0.15, 0.2) is 6.04 Å². The van der Waals surface area contributed by atoms with E-state index in [1.54, 1.807) is 0 Å². The number of quaternary nitrogens is 1. The van der Waals surface area contributed by atoms with E-state index in [0.717, 1.165) is 33.9 Å². The van der Waals surface area contributed by atoms with Crippen LogP contribution in [0.5, 0.6) is 0 Å². The van der Waals surface area contributed by atoms with Crippen molar-refractivity contribution in [1.29, 1.82) is 0 Å². The van der Waals surface area contributed by atoms with Gasteiger partial charge >= 0.3 is 0 Å². The van der Waals surface area contributed by atoms with Crippen molar-refractivity contribution in [2.45, 2.75) is 33.4 Å². The molecule has 2 rings (SSSR count). The van der Waals surface area contributed by atoms with Crippen molar-refractivity contribution in [2.75, 3.05) is 37.9 Å². The molecule has 0 heterocycles. The van der Waals surface area contributed by atoms with Crippen LogP contribution in [0.1, 0.15) is 23.6 Å². The molecule has 2 amide bonds. The highest BCUT2D eigenvalue weighted by atomic mass is 16.2. The highest BCUT2D eigenvalue weighted by molar-refractivity contribution is 5.96. The third kappa shape index (κ3) is 6.32. The van der Waals surface area contributed by atoms with Crippen LogP contribution in [0.15, 0.2) is 42.5 Å². The lowest BCUT2D eigenvalue weighted by atomic mass is 10.1. The molecule has 0 aromatic heterocycles. The molecule has 0 spiro atoms. The van der Waals surface area contributed by atoms with Crippen LogP contribution in [-0.2, 0) is 16.1 Å². The van der Waals surface area contributed by atoms with Crippen molar-refractivity contribution in [1.82, 2.24) is 5.32 Å². The molecule has 0 radical (unpaired) electrons. The lowest BCUT2D eigenvalue weighted by Gasteiger charge is -2.21. The van der Waals surface area contributed by atoms with Gasteiger partial charge in [-0.2, -0.15) is 0 Å². The first-order valence-corrected chi connectivity index (χ1v) is 9.91. The maximum absolute atomic E-state index is 12.5. The fraction of sp³-hybridized carbons (Fsp3) is 0.391. The summed E-state index contributed by atoms with van der Waals surface area (Å²) in [6.45, 7) is 6.47. The van der Waals surface area contributed by atoms with Crippen molar-refractivity contribution < 1.29 is 14.5 Å². The minimum Gasteiger partial charge on any atom is -0.378 e. The Morgan fingerprint density at radius 1 is 1.03 bits per heavy atom. The molecule has 156 valence electrons. The molecule has 0 aliphatic carbocycles. The van der Waals surface area contributed by atoms with E-state index in [9.17, 15) is 9.59 Å². The van der Waals surface area contributed by atoms with Crippen LogP contribution < -0.4 is 20.4 Å². The van der Waals surface area contributed by atoms with Gasteiger partial charge in [0, 0.05) is 31.0 Å². The third-order valence-corrected chi connectivity index (χ3v) is 5.24. The van der Waals surface area contributed by atoms with E-state index in [-0.39, 0.29) is 24.4 Å². The summed E-state index contributed by atoms with van der Waals surface area (Å²) in [6, 6.07) is 13.9. The number of likely N-dealkylation sites (N-methyl/N-ethyl adjacent to an activating group) is 1. The number of carbonyl (C=O) groups excluding carboxylic acids is 2. The highest BCUT2D eigenvalue weighted by Crippen LogP contribution is 2.19. The first-order valence-electron chi connectivity index (χ1n) is 9.91. The predicted octanol–water partition coefficient (Wildman–Crippen LogP) is 1.53. The molecule has 0 aliphatic rings. The van der Waals surface area contributed by atoms with E-state index in [1.807, 2.05) is 60.1 Å². The van der Waals surface area contributed by atoms with E-state index in [1.165, 1.54) is 5.56 Å². The Bertz CT molecular complexity index is 826. The number of para-hydroxylation sites is 1. The number of hydrogen-bond donors (Lipinski definition) is 3. The Morgan fingerprint density at radius 2 is 1.62 bits per heavy atom. The van der Waals surface area contributed by atoms with Crippen LogP contribution in [0.2, 0.25) is 0 Å². The Kier molecular flexibility index (Phi) is 7.79. The van der Waals surface area contributed by atoms with Crippen LogP contribution in [-0.4, -0.2) is 45.5 Å². The lowest BCUT2D eigenvalue weighted by molar-refractivity contribution is -0.908. The average Bonchev–Trinajstić information content (AvgIpc) is 2.68. The number of rotatable bonds is 8. The minimum atomic E-state index is -0.267. The second-order valence-electron chi connectivity index (χ2n) is 7.84. The number of amides is 2. The van der Waals surface area contributed by atoms with E-state index >= 15 is 0 Å². The van der Waals surface area contributed by atoms with Gasteiger partial charge in [-0.3, -0.25) is 9.59 Å². The number of anilines is 2. The quantitative estimate of drug-likeness (QED) is 0.633. The second kappa shape index (κ2) is 10.1. The summed E-state index contributed by atoms with van der Waals surface area (Å²) < 4.78 is 0. The first-order chi connectivity index (χ1) is 13.7. The number of nitrogens with one attached hydrogen (secondary N) is 3. The normalized spacial score (nSPS) is 12.8. The summed E-state index contributed by atoms with van der Waals surface area (Å²) in [5.41, 5.74) is 5.13. The van der Waals surface area contributed by atoms with Gasteiger partial charge in [0.05, 0.1) is 13.6 Å². The van der Waals surface area contributed by atoms with Gasteiger partial charge in [-0.15, -0.1) is 0 Å². The standard InChI is InChI=1S/C23H32N4O2/c1-16-8-7-9-17(2)22(16)25-21(28)14-24-23(29)18(3)27(6)15-19-10-12-20(13-11-19)26(4)5/h7-13,18H,14-15H2,1-6H3,(H,24,29)(H,25,28)/p+1/t18-/m0/s1. The molecule has 3 N–H and O–H groups in total. The van der Waals surface area contributed by atoms with Crippen molar-refractivity contribution >= 4 is 23.2 Å². The number of hydrogen-bond acceptors (Lipinski definition) is 3. The molecule has 2 atom stereocenters. The summed E-state index contributed by atoms with van der Waals surface area (Å²) in [5, 5.41) is 5.65. The van der Waals surface area contributed by atoms with E-state index in [2.05, 4.69) is 39.8 Å². The minimum absolute atomic E-state index is 0.0399.